The van der Waals surface area contributed by atoms with Gasteiger partial charge in [-0.3, -0.25) is 10.1 Å². The highest BCUT2D eigenvalue weighted by atomic mass is 16.3. The average Bonchev–Trinajstić information content (AvgIpc) is 2.43. The monoisotopic (exact) mass is 171 g/mol. The lowest BCUT2D eigenvalue weighted by molar-refractivity contribution is -0.124. The van der Waals surface area contributed by atoms with E-state index in [9.17, 15) is 4.79 Å². The Morgan fingerprint density at radius 3 is 2.92 bits per heavy atom. The average molecular weight is 171 g/mol. The minimum Gasteiger partial charge on any atom is -0.361 e. The summed E-state index contributed by atoms with van der Waals surface area (Å²) in [5, 5.41) is 14.5. The maximum absolute atomic E-state index is 11.4. The topological polar surface area (TPSA) is 64.6 Å². The van der Waals surface area contributed by atoms with Gasteiger partial charge in [-0.25, -0.2) is 0 Å². The zero-order chi connectivity index (χ0) is 8.77. The Morgan fingerprint density at radius 2 is 2.50 bits per heavy atom. The summed E-state index contributed by atoms with van der Waals surface area (Å²) < 4.78 is 0. The molecule has 2 heterocycles. The van der Waals surface area contributed by atoms with Gasteiger partial charge >= 0.3 is 0 Å². The van der Waals surface area contributed by atoms with Gasteiger partial charge in [-0.2, -0.15) is 0 Å². The molecule has 0 aromatic rings. The second-order valence-corrected chi connectivity index (χ2v) is 3.59. The van der Waals surface area contributed by atoms with E-state index < -0.39 is 11.9 Å². The summed E-state index contributed by atoms with van der Waals surface area (Å²) in [6.45, 7) is 1.57. The summed E-state index contributed by atoms with van der Waals surface area (Å²) >= 11 is 0. The molecular formula is C7H13N3O2. The molecule has 0 bridgehead atoms. The first-order chi connectivity index (χ1) is 5.62. The molecule has 2 atom stereocenters. The standard InChI is InChI=1S/C7H13N3O2/c1-10-3-2-7(4-10)5(11)8-6(12)9-7/h6,9,12H,2-4H2,1H3,(H,8,11). The summed E-state index contributed by atoms with van der Waals surface area (Å²) in [4.78, 5) is 13.5. The van der Waals surface area contributed by atoms with E-state index in [0.29, 0.717) is 6.54 Å². The fourth-order valence-corrected chi connectivity index (χ4v) is 1.93. The van der Waals surface area contributed by atoms with Gasteiger partial charge in [0, 0.05) is 13.1 Å². The largest absolute Gasteiger partial charge is 0.361 e. The fraction of sp³-hybridized carbons (Fsp3) is 0.857. The Labute approximate surface area is 70.7 Å². The Hall–Kier alpha value is -0.650. The predicted molar refractivity (Wildman–Crippen MR) is 42.1 cm³/mol. The molecule has 0 aromatic carbocycles. The van der Waals surface area contributed by atoms with E-state index in [-0.39, 0.29) is 5.91 Å². The molecule has 0 aromatic heterocycles. The van der Waals surface area contributed by atoms with Gasteiger partial charge in [-0.1, -0.05) is 0 Å². The minimum atomic E-state index is -0.871. The van der Waals surface area contributed by atoms with Crippen LogP contribution in [0.3, 0.4) is 0 Å². The zero-order valence-corrected chi connectivity index (χ0v) is 7.00. The zero-order valence-electron chi connectivity index (χ0n) is 7.00. The number of carbonyl (C=O) groups excluding carboxylic acids is 1. The second-order valence-electron chi connectivity index (χ2n) is 3.59. The van der Waals surface area contributed by atoms with Crippen LogP contribution >= 0.6 is 0 Å². The highest BCUT2D eigenvalue weighted by Gasteiger charge is 2.49. The molecule has 1 amide bonds. The maximum Gasteiger partial charge on any atom is 0.244 e. The number of amides is 1. The third-order valence-corrected chi connectivity index (χ3v) is 2.58. The smallest absolute Gasteiger partial charge is 0.244 e. The van der Waals surface area contributed by atoms with Crippen molar-refractivity contribution < 1.29 is 9.90 Å². The van der Waals surface area contributed by atoms with Crippen LogP contribution in [-0.4, -0.2) is 47.9 Å². The SMILES string of the molecule is CN1CCC2(C1)NC(O)NC2=O. The van der Waals surface area contributed by atoms with E-state index in [1.807, 2.05) is 7.05 Å². The van der Waals surface area contributed by atoms with E-state index in [0.717, 1.165) is 13.0 Å². The van der Waals surface area contributed by atoms with Gasteiger partial charge in [-0.15, -0.1) is 0 Å². The van der Waals surface area contributed by atoms with Crippen molar-refractivity contribution in [2.45, 2.75) is 18.3 Å². The Balaban J connectivity index is 2.16. The summed E-state index contributed by atoms with van der Waals surface area (Å²) in [5.41, 5.74) is -0.534. The first-order valence-electron chi connectivity index (χ1n) is 4.08. The van der Waals surface area contributed by atoms with Crippen molar-refractivity contribution in [1.82, 2.24) is 15.5 Å². The second kappa shape index (κ2) is 2.42. The quantitative estimate of drug-likeness (QED) is 0.396. The first kappa shape index (κ1) is 7.97. The third-order valence-electron chi connectivity index (χ3n) is 2.58. The van der Waals surface area contributed by atoms with Crippen molar-refractivity contribution in [3.05, 3.63) is 0 Å². The van der Waals surface area contributed by atoms with Crippen molar-refractivity contribution in [2.75, 3.05) is 20.1 Å². The molecule has 0 aliphatic carbocycles. The number of likely N-dealkylation sites (tertiary alicyclic amines) is 1. The van der Waals surface area contributed by atoms with Gasteiger partial charge in [0.1, 0.15) is 5.54 Å². The highest BCUT2D eigenvalue weighted by Crippen LogP contribution is 2.23. The molecule has 2 aliphatic rings. The van der Waals surface area contributed by atoms with E-state index in [1.54, 1.807) is 0 Å². The van der Waals surface area contributed by atoms with Crippen LogP contribution in [0.5, 0.6) is 0 Å². The number of nitrogens with zero attached hydrogens (tertiary/aromatic N) is 1. The van der Waals surface area contributed by atoms with Crippen molar-refractivity contribution in [3.8, 4) is 0 Å². The van der Waals surface area contributed by atoms with Gasteiger partial charge < -0.3 is 15.3 Å². The van der Waals surface area contributed by atoms with Gasteiger partial charge in [0.2, 0.25) is 5.91 Å². The van der Waals surface area contributed by atoms with E-state index in [4.69, 9.17) is 5.11 Å². The molecule has 5 nitrogen and oxygen atoms in total. The molecule has 3 N–H and O–H groups in total. The fourth-order valence-electron chi connectivity index (χ4n) is 1.93. The Morgan fingerprint density at radius 1 is 1.75 bits per heavy atom. The first-order valence-corrected chi connectivity index (χ1v) is 4.08. The summed E-state index contributed by atoms with van der Waals surface area (Å²) in [6, 6.07) is 0. The third kappa shape index (κ3) is 1.01. The highest BCUT2D eigenvalue weighted by molar-refractivity contribution is 5.89. The van der Waals surface area contributed by atoms with Crippen molar-refractivity contribution >= 4 is 5.91 Å². The van der Waals surface area contributed by atoms with Crippen LogP contribution in [-0.2, 0) is 4.79 Å². The maximum atomic E-state index is 11.4. The number of aliphatic hydroxyl groups is 1. The van der Waals surface area contributed by atoms with Crippen LogP contribution in [0.1, 0.15) is 6.42 Å². The predicted octanol–water partition coefficient (Wildman–Crippen LogP) is -1.94. The van der Waals surface area contributed by atoms with Crippen LogP contribution < -0.4 is 10.6 Å². The molecular weight excluding hydrogens is 158 g/mol. The lowest BCUT2D eigenvalue weighted by Gasteiger charge is -2.19. The molecule has 2 saturated heterocycles. The summed E-state index contributed by atoms with van der Waals surface area (Å²) in [5.74, 6) is -0.0839. The molecule has 2 unspecified atom stereocenters. The molecule has 68 valence electrons. The van der Waals surface area contributed by atoms with Gasteiger partial charge in [0.15, 0.2) is 6.35 Å². The molecule has 12 heavy (non-hydrogen) atoms. The van der Waals surface area contributed by atoms with Crippen LogP contribution in [0, 0.1) is 0 Å². The Bertz CT molecular complexity index is 217. The summed E-state index contributed by atoms with van der Waals surface area (Å²) in [7, 11) is 1.97. The lowest BCUT2D eigenvalue weighted by Crippen LogP contribution is -2.49. The number of hydrogen-bond donors (Lipinski definition) is 3. The Kier molecular flexibility index (Phi) is 1.61. The van der Waals surface area contributed by atoms with E-state index >= 15 is 0 Å². The van der Waals surface area contributed by atoms with Crippen molar-refractivity contribution in [2.24, 2.45) is 0 Å². The molecule has 2 fully saturated rings. The van der Waals surface area contributed by atoms with Crippen LogP contribution in [0.15, 0.2) is 0 Å². The molecule has 1 spiro atoms. The molecule has 0 saturated carbocycles. The normalized spacial score (nSPS) is 42.5. The number of nitrogens with one attached hydrogen (secondary N) is 2. The summed E-state index contributed by atoms with van der Waals surface area (Å²) in [6.07, 6.45) is -0.101. The number of carbonyl (C=O) groups is 1. The minimum absolute atomic E-state index is 0.0839. The number of rotatable bonds is 0. The van der Waals surface area contributed by atoms with Gasteiger partial charge in [0.05, 0.1) is 0 Å². The number of hydrogen-bond acceptors (Lipinski definition) is 4. The molecule has 5 heteroatoms. The number of aliphatic hydroxyl groups excluding tert-OH is 1. The van der Waals surface area contributed by atoms with Crippen LogP contribution in [0.2, 0.25) is 0 Å². The van der Waals surface area contributed by atoms with E-state index in [1.165, 1.54) is 0 Å². The van der Waals surface area contributed by atoms with Gasteiger partial charge in [0.25, 0.3) is 0 Å². The molecule has 0 radical (unpaired) electrons. The van der Waals surface area contributed by atoms with E-state index in [2.05, 4.69) is 15.5 Å². The van der Waals surface area contributed by atoms with Gasteiger partial charge in [-0.05, 0) is 13.5 Å². The number of likely N-dealkylation sites (N-methyl/N-ethyl adjacent to an activating group) is 1. The molecule has 2 aliphatic heterocycles. The van der Waals surface area contributed by atoms with Crippen LogP contribution in [0.25, 0.3) is 0 Å². The van der Waals surface area contributed by atoms with Crippen molar-refractivity contribution in [1.29, 1.82) is 0 Å². The van der Waals surface area contributed by atoms with Crippen LogP contribution in [0.4, 0.5) is 0 Å². The van der Waals surface area contributed by atoms with Crippen molar-refractivity contribution in [3.63, 3.8) is 0 Å². The molecule has 2 rings (SSSR count). The lowest BCUT2D eigenvalue weighted by atomic mass is 10.00.